The highest BCUT2D eigenvalue weighted by Crippen LogP contribution is 2.24. The molecule has 0 spiro atoms. The summed E-state index contributed by atoms with van der Waals surface area (Å²) in [5.41, 5.74) is 0. The number of aliphatic hydroxyl groups excluding tert-OH is 1. The minimum atomic E-state index is -0.336. The lowest BCUT2D eigenvalue weighted by molar-refractivity contribution is 0.0390. The molecule has 1 heterocycles. The first-order chi connectivity index (χ1) is 4.77. The normalized spacial score (nSPS) is 40.4. The molecule has 0 amide bonds. The van der Waals surface area contributed by atoms with Gasteiger partial charge in [-0.1, -0.05) is 0 Å². The van der Waals surface area contributed by atoms with Crippen molar-refractivity contribution < 1.29 is 14.2 Å². The zero-order valence-corrected chi connectivity index (χ0v) is 6.09. The van der Waals surface area contributed by atoms with Crippen molar-refractivity contribution in [3.05, 3.63) is 0 Å². The van der Waals surface area contributed by atoms with Gasteiger partial charge in [-0.05, 0) is 6.42 Å². The number of halogens is 1. The molecule has 2 nitrogen and oxygen atoms in total. The van der Waals surface area contributed by atoms with E-state index in [0.717, 1.165) is 0 Å². The molecule has 0 aromatic heterocycles. The van der Waals surface area contributed by atoms with Crippen LogP contribution in [0.2, 0.25) is 0 Å². The summed E-state index contributed by atoms with van der Waals surface area (Å²) in [6.45, 7) is -0.321. The SMILES string of the molecule is B[C@@H]1O[C@H](CO)C[C@@H]1CF. The van der Waals surface area contributed by atoms with Crippen molar-refractivity contribution in [2.45, 2.75) is 18.5 Å². The van der Waals surface area contributed by atoms with E-state index in [4.69, 9.17) is 9.84 Å². The van der Waals surface area contributed by atoms with Crippen LogP contribution in [-0.2, 0) is 4.74 Å². The molecule has 1 saturated heterocycles. The third-order valence-electron chi connectivity index (χ3n) is 2.04. The van der Waals surface area contributed by atoms with E-state index in [9.17, 15) is 4.39 Å². The van der Waals surface area contributed by atoms with Gasteiger partial charge in [0.05, 0.1) is 19.4 Å². The average Bonchev–Trinajstić information content (AvgIpc) is 2.30. The molecule has 1 N–H and O–H groups in total. The van der Waals surface area contributed by atoms with Gasteiger partial charge in [0.15, 0.2) is 0 Å². The Morgan fingerprint density at radius 1 is 1.70 bits per heavy atom. The van der Waals surface area contributed by atoms with Gasteiger partial charge in [0.25, 0.3) is 0 Å². The van der Waals surface area contributed by atoms with Gasteiger partial charge < -0.3 is 9.84 Å². The Morgan fingerprint density at radius 3 is 2.70 bits per heavy atom. The lowest BCUT2D eigenvalue weighted by Gasteiger charge is -2.08. The molecule has 0 aromatic carbocycles. The lowest BCUT2D eigenvalue weighted by Crippen LogP contribution is -2.17. The van der Waals surface area contributed by atoms with Crippen LogP contribution in [0.5, 0.6) is 0 Å². The van der Waals surface area contributed by atoms with Crippen LogP contribution in [0.4, 0.5) is 4.39 Å². The zero-order valence-electron chi connectivity index (χ0n) is 6.09. The van der Waals surface area contributed by atoms with Crippen molar-refractivity contribution in [2.24, 2.45) is 5.92 Å². The van der Waals surface area contributed by atoms with Gasteiger partial charge in [0.2, 0.25) is 0 Å². The summed E-state index contributed by atoms with van der Waals surface area (Å²) in [7, 11) is 1.85. The monoisotopic (exact) mass is 146 g/mol. The van der Waals surface area contributed by atoms with E-state index in [2.05, 4.69) is 0 Å². The van der Waals surface area contributed by atoms with Crippen molar-refractivity contribution in [3.63, 3.8) is 0 Å². The Hall–Kier alpha value is -0.0851. The van der Waals surface area contributed by atoms with Crippen LogP contribution in [0.3, 0.4) is 0 Å². The summed E-state index contributed by atoms with van der Waals surface area (Å²) in [5.74, 6) is -0.00264. The minimum Gasteiger partial charge on any atom is -0.394 e. The average molecular weight is 146 g/mol. The molecule has 4 heteroatoms. The molecule has 0 radical (unpaired) electrons. The van der Waals surface area contributed by atoms with Gasteiger partial charge in [-0.2, -0.15) is 0 Å². The third kappa shape index (κ3) is 1.49. The fraction of sp³-hybridized carbons (Fsp3) is 1.00. The van der Waals surface area contributed by atoms with E-state index < -0.39 is 0 Å². The Morgan fingerprint density at radius 2 is 2.40 bits per heavy atom. The number of ether oxygens (including phenoxy) is 1. The molecule has 0 aromatic rings. The van der Waals surface area contributed by atoms with Crippen LogP contribution < -0.4 is 0 Å². The maximum absolute atomic E-state index is 12.1. The highest BCUT2D eigenvalue weighted by atomic mass is 19.1. The predicted molar refractivity (Wildman–Crippen MR) is 38.4 cm³/mol. The maximum Gasteiger partial charge on any atom is 0.139 e. The number of hydrogen-bond donors (Lipinski definition) is 1. The van der Waals surface area contributed by atoms with E-state index in [0.29, 0.717) is 6.42 Å². The van der Waals surface area contributed by atoms with Crippen LogP contribution in [-0.4, -0.2) is 38.3 Å². The first kappa shape index (κ1) is 8.02. The summed E-state index contributed by atoms with van der Waals surface area (Å²) >= 11 is 0. The van der Waals surface area contributed by atoms with E-state index in [-0.39, 0.29) is 31.3 Å². The van der Waals surface area contributed by atoms with E-state index in [1.54, 1.807) is 0 Å². The van der Waals surface area contributed by atoms with E-state index in [1.807, 2.05) is 7.85 Å². The second-order valence-corrected chi connectivity index (χ2v) is 2.80. The Labute approximate surface area is 60.8 Å². The molecule has 58 valence electrons. The number of hydrogen-bond acceptors (Lipinski definition) is 2. The molecular formula is C6H12BFO2. The molecule has 0 aliphatic carbocycles. The fourth-order valence-electron chi connectivity index (χ4n) is 1.31. The second kappa shape index (κ2) is 3.35. The topological polar surface area (TPSA) is 29.5 Å². The Bertz CT molecular complexity index is 112. The van der Waals surface area contributed by atoms with Crippen molar-refractivity contribution >= 4 is 7.85 Å². The number of alkyl halides is 1. The molecule has 0 unspecified atom stereocenters. The third-order valence-corrected chi connectivity index (χ3v) is 2.04. The standard InChI is InChI=1S/C6H12BFO2/c7-6-4(2-8)1-5(3-9)10-6/h4-6,9H,1-3,7H2/t4-,5+,6-/m1/s1. The van der Waals surface area contributed by atoms with Crippen molar-refractivity contribution in [2.75, 3.05) is 13.3 Å². The van der Waals surface area contributed by atoms with E-state index in [1.165, 1.54) is 0 Å². The van der Waals surface area contributed by atoms with E-state index >= 15 is 0 Å². The molecule has 10 heavy (non-hydrogen) atoms. The predicted octanol–water partition coefficient (Wildman–Crippen LogP) is -0.688. The summed E-state index contributed by atoms with van der Waals surface area (Å²) in [6, 6.07) is -0.0258. The first-order valence-corrected chi connectivity index (χ1v) is 3.60. The highest BCUT2D eigenvalue weighted by Gasteiger charge is 2.31. The molecule has 3 atom stereocenters. The largest absolute Gasteiger partial charge is 0.394 e. The quantitative estimate of drug-likeness (QED) is 0.522. The fourth-order valence-corrected chi connectivity index (χ4v) is 1.31. The maximum atomic E-state index is 12.1. The highest BCUT2D eigenvalue weighted by molar-refractivity contribution is 6.11. The van der Waals surface area contributed by atoms with Crippen LogP contribution >= 0.6 is 0 Å². The van der Waals surface area contributed by atoms with Crippen LogP contribution in [0.15, 0.2) is 0 Å². The van der Waals surface area contributed by atoms with Crippen molar-refractivity contribution in [1.82, 2.24) is 0 Å². The Balaban J connectivity index is 2.36. The summed E-state index contributed by atoms with van der Waals surface area (Å²) < 4.78 is 17.3. The van der Waals surface area contributed by atoms with Gasteiger partial charge in [-0.3, -0.25) is 4.39 Å². The molecule has 1 aliphatic heterocycles. The van der Waals surface area contributed by atoms with Gasteiger partial charge in [-0.25, -0.2) is 0 Å². The second-order valence-electron chi connectivity index (χ2n) is 2.80. The van der Waals surface area contributed by atoms with Gasteiger partial charge in [-0.15, -0.1) is 0 Å². The number of aliphatic hydroxyl groups is 1. The van der Waals surface area contributed by atoms with Crippen LogP contribution in [0, 0.1) is 5.92 Å². The van der Waals surface area contributed by atoms with Gasteiger partial charge >= 0.3 is 0 Å². The van der Waals surface area contributed by atoms with Crippen molar-refractivity contribution in [1.29, 1.82) is 0 Å². The summed E-state index contributed by atoms with van der Waals surface area (Å²) in [6.07, 6.45) is 0.532. The first-order valence-electron chi connectivity index (χ1n) is 3.60. The van der Waals surface area contributed by atoms with Gasteiger partial charge in [0.1, 0.15) is 7.85 Å². The minimum absolute atomic E-state index is 0.00264. The molecule has 0 saturated carbocycles. The zero-order chi connectivity index (χ0) is 7.56. The van der Waals surface area contributed by atoms with Crippen LogP contribution in [0.1, 0.15) is 6.42 Å². The molecule has 1 rings (SSSR count). The van der Waals surface area contributed by atoms with Crippen LogP contribution in [0.25, 0.3) is 0 Å². The summed E-state index contributed by atoms with van der Waals surface area (Å²) in [5, 5.41) is 8.65. The molecule has 1 fully saturated rings. The smallest absolute Gasteiger partial charge is 0.139 e. The van der Waals surface area contributed by atoms with Gasteiger partial charge in [0, 0.05) is 11.9 Å². The Kier molecular flexibility index (Phi) is 2.68. The molecular weight excluding hydrogens is 134 g/mol. The molecule has 1 aliphatic rings. The van der Waals surface area contributed by atoms with Crippen molar-refractivity contribution in [3.8, 4) is 0 Å². The number of rotatable bonds is 2. The molecule has 0 bridgehead atoms. The lowest BCUT2D eigenvalue weighted by atomic mass is 9.87. The summed E-state index contributed by atoms with van der Waals surface area (Å²) in [4.78, 5) is 0.